The summed E-state index contributed by atoms with van der Waals surface area (Å²) in [6, 6.07) is 11.0. The molecule has 1 heteroatoms. The van der Waals surface area contributed by atoms with E-state index in [1.165, 1.54) is 33.4 Å². The molecule has 100 valence electrons. The fourth-order valence-electron chi connectivity index (χ4n) is 2.51. The fraction of sp³-hybridized carbons (Fsp3) is 0.333. The van der Waals surface area contributed by atoms with Crippen molar-refractivity contribution >= 4 is 0 Å². The van der Waals surface area contributed by atoms with E-state index in [0.717, 1.165) is 12.2 Å². The largest absolute Gasteiger partial charge is 0.496 e. The normalized spacial score (nSPS) is 10.6. The van der Waals surface area contributed by atoms with Crippen LogP contribution in [0.5, 0.6) is 5.75 Å². The third-order valence-electron chi connectivity index (χ3n) is 3.69. The molecule has 0 N–H and O–H groups in total. The summed E-state index contributed by atoms with van der Waals surface area (Å²) in [6.45, 7) is 8.63. The lowest BCUT2D eigenvalue weighted by Gasteiger charge is -2.15. The van der Waals surface area contributed by atoms with Crippen LogP contribution in [0, 0.1) is 20.8 Å². The minimum atomic E-state index is 0.987. The Balaban J connectivity index is 2.65. The van der Waals surface area contributed by atoms with Gasteiger partial charge >= 0.3 is 0 Å². The van der Waals surface area contributed by atoms with Gasteiger partial charge < -0.3 is 4.74 Å². The molecule has 0 radical (unpaired) electrons. The molecule has 0 atom stereocenters. The molecule has 2 rings (SSSR count). The first-order chi connectivity index (χ1) is 9.06. The number of benzene rings is 2. The Kier molecular flexibility index (Phi) is 3.94. The van der Waals surface area contributed by atoms with Crippen LogP contribution in [-0.4, -0.2) is 7.11 Å². The summed E-state index contributed by atoms with van der Waals surface area (Å²) < 4.78 is 5.46. The lowest BCUT2D eigenvalue weighted by atomic mass is 9.92. The summed E-state index contributed by atoms with van der Waals surface area (Å²) in [5, 5.41) is 0. The van der Waals surface area contributed by atoms with Crippen molar-refractivity contribution in [3.05, 3.63) is 52.6 Å². The third kappa shape index (κ3) is 2.65. The highest BCUT2D eigenvalue weighted by Crippen LogP contribution is 2.33. The van der Waals surface area contributed by atoms with Gasteiger partial charge in [0, 0.05) is 0 Å². The van der Waals surface area contributed by atoms with Crippen molar-refractivity contribution < 1.29 is 4.74 Å². The van der Waals surface area contributed by atoms with Gasteiger partial charge in [-0.05, 0) is 67.1 Å². The Hall–Kier alpha value is -1.76. The van der Waals surface area contributed by atoms with Crippen LogP contribution < -0.4 is 4.74 Å². The molecule has 19 heavy (non-hydrogen) atoms. The Morgan fingerprint density at radius 1 is 0.895 bits per heavy atom. The van der Waals surface area contributed by atoms with E-state index in [-0.39, 0.29) is 0 Å². The number of hydrogen-bond acceptors (Lipinski definition) is 1. The van der Waals surface area contributed by atoms with Gasteiger partial charge in [0.1, 0.15) is 5.75 Å². The van der Waals surface area contributed by atoms with Gasteiger partial charge in [-0.15, -0.1) is 0 Å². The second kappa shape index (κ2) is 5.48. The molecule has 0 saturated heterocycles. The van der Waals surface area contributed by atoms with Gasteiger partial charge in [0.2, 0.25) is 0 Å². The minimum absolute atomic E-state index is 0.987. The molecule has 0 aromatic heterocycles. The quantitative estimate of drug-likeness (QED) is 0.760. The van der Waals surface area contributed by atoms with Crippen molar-refractivity contribution in [1.29, 1.82) is 0 Å². The monoisotopic (exact) mass is 254 g/mol. The molecule has 0 aliphatic heterocycles. The minimum Gasteiger partial charge on any atom is -0.496 e. The number of aryl methyl sites for hydroxylation is 4. The predicted octanol–water partition coefficient (Wildman–Crippen LogP) is 4.85. The maximum Gasteiger partial charge on any atom is 0.122 e. The second-order valence-electron chi connectivity index (χ2n) is 5.15. The van der Waals surface area contributed by atoms with Crippen LogP contribution in [0.4, 0.5) is 0 Å². The molecule has 0 spiro atoms. The van der Waals surface area contributed by atoms with Crippen molar-refractivity contribution in [3.8, 4) is 16.9 Å². The summed E-state index contributed by atoms with van der Waals surface area (Å²) in [5.41, 5.74) is 7.80. The zero-order valence-electron chi connectivity index (χ0n) is 12.5. The van der Waals surface area contributed by atoms with Crippen molar-refractivity contribution in [1.82, 2.24) is 0 Å². The predicted molar refractivity (Wildman–Crippen MR) is 82.0 cm³/mol. The number of hydrogen-bond donors (Lipinski definition) is 0. The molecule has 2 aromatic rings. The number of methoxy groups -OCH3 is 1. The molecule has 2 aromatic carbocycles. The molecule has 0 unspecified atom stereocenters. The van der Waals surface area contributed by atoms with Gasteiger partial charge in [-0.2, -0.15) is 0 Å². The number of rotatable bonds is 3. The Bertz CT molecular complexity index is 597. The first-order valence-corrected chi connectivity index (χ1v) is 6.82. The molecule has 0 aliphatic rings. The van der Waals surface area contributed by atoms with E-state index in [0.29, 0.717) is 0 Å². The van der Waals surface area contributed by atoms with E-state index in [4.69, 9.17) is 4.74 Å². The average molecular weight is 254 g/mol. The van der Waals surface area contributed by atoms with Crippen LogP contribution in [0.2, 0.25) is 0 Å². The van der Waals surface area contributed by atoms with E-state index in [9.17, 15) is 0 Å². The molecule has 0 bridgehead atoms. The summed E-state index contributed by atoms with van der Waals surface area (Å²) >= 11 is 0. The SMILES string of the molecule is CCc1cc(-c2cc(C)ccc2C)c(C)cc1OC. The van der Waals surface area contributed by atoms with Crippen molar-refractivity contribution in [2.24, 2.45) is 0 Å². The average Bonchev–Trinajstić information content (AvgIpc) is 2.41. The molecule has 0 amide bonds. The van der Waals surface area contributed by atoms with Crippen LogP contribution >= 0.6 is 0 Å². The van der Waals surface area contributed by atoms with Crippen molar-refractivity contribution in [2.45, 2.75) is 34.1 Å². The summed E-state index contributed by atoms with van der Waals surface area (Å²) in [4.78, 5) is 0. The van der Waals surface area contributed by atoms with E-state index < -0.39 is 0 Å². The molecular weight excluding hydrogens is 232 g/mol. The van der Waals surface area contributed by atoms with E-state index in [1.807, 2.05) is 0 Å². The van der Waals surface area contributed by atoms with E-state index in [2.05, 4.69) is 58.0 Å². The molecular formula is C18H22O. The molecule has 0 saturated carbocycles. The zero-order valence-corrected chi connectivity index (χ0v) is 12.5. The van der Waals surface area contributed by atoms with E-state index in [1.54, 1.807) is 7.11 Å². The van der Waals surface area contributed by atoms with Crippen LogP contribution in [0.25, 0.3) is 11.1 Å². The topological polar surface area (TPSA) is 9.23 Å². The van der Waals surface area contributed by atoms with Crippen molar-refractivity contribution in [3.63, 3.8) is 0 Å². The van der Waals surface area contributed by atoms with Gasteiger partial charge in [-0.25, -0.2) is 0 Å². The highest BCUT2D eigenvalue weighted by Gasteiger charge is 2.10. The lowest BCUT2D eigenvalue weighted by molar-refractivity contribution is 0.410. The maximum absolute atomic E-state index is 5.46. The maximum atomic E-state index is 5.46. The van der Waals surface area contributed by atoms with E-state index >= 15 is 0 Å². The lowest BCUT2D eigenvalue weighted by Crippen LogP contribution is -1.95. The van der Waals surface area contributed by atoms with Crippen LogP contribution in [0.1, 0.15) is 29.2 Å². The van der Waals surface area contributed by atoms with Gasteiger partial charge in [0.25, 0.3) is 0 Å². The Morgan fingerprint density at radius 2 is 1.58 bits per heavy atom. The van der Waals surface area contributed by atoms with Gasteiger partial charge in [0.05, 0.1) is 7.11 Å². The number of ether oxygens (including phenoxy) is 1. The smallest absolute Gasteiger partial charge is 0.122 e. The van der Waals surface area contributed by atoms with Crippen LogP contribution in [-0.2, 0) is 6.42 Å². The van der Waals surface area contributed by atoms with Crippen LogP contribution in [0.3, 0.4) is 0 Å². The highest BCUT2D eigenvalue weighted by atomic mass is 16.5. The van der Waals surface area contributed by atoms with Gasteiger partial charge in [-0.1, -0.05) is 30.7 Å². The Morgan fingerprint density at radius 3 is 2.21 bits per heavy atom. The Labute approximate surface area is 116 Å². The fourth-order valence-corrected chi connectivity index (χ4v) is 2.51. The first kappa shape index (κ1) is 13.7. The second-order valence-corrected chi connectivity index (χ2v) is 5.15. The van der Waals surface area contributed by atoms with Crippen LogP contribution in [0.15, 0.2) is 30.3 Å². The summed E-state index contributed by atoms with van der Waals surface area (Å²) in [7, 11) is 1.74. The first-order valence-electron chi connectivity index (χ1n) is 6.82. The van der Waals surface area contributed by atoms with Gasteiger partial charge in [-0.3, -0.25) is 0 Å². The molecule has 1 nitrogen and oxygen atoms in total. The molecule has 0 fully saturated rings. The molecule has 0 aliphatic carbocycles. The van der Waals surface area contributed by atoms with Crippen molar-refractivity contribution in [2.75, 3.05) is 7.11 Å². The third-order valence-corrected chi connectivity index (χ3v) is 3.69. The summed E-state index contributed by atoms with van der Waals surface area (Å²) in [5.74, 6) is 0.994. The molecule has 0 heterocycles. The zero-order chi connectivity index (χ0) is 14.0. The summed E-state index contributed by atoms with van der Waals surface area (Å²) in [6.07, 6.45) is 0.987. The standard InChI is InChI=1S/C18H22O/c1-6-15-11-17(14(4)10-18(15)19-5)16-9-12(2)7-8-13(16)3/h7-11H,6H2,1-5H3. The van der Waals surface area contributed by atoms with Gasteiger partial charge in [0.15, 0.2) is 0 Å². The highest BCUT2D eigenvalue weighted by molar-refractivity contribution is 5.73.